The minimum Gasteiger partial charge on any atom is -0.250 e. The predicted molar refractivity (Wildman–Crippen MR) is 65.2 cm³/mol. The lowest BCUT2D eigenvalue weighted by molar-refractivity contribution is 0.626. The Hall–Kier alpha value is -1.06. The first-order chi connectivity index (χ1) is 7.74. The maximum atomic E-state index is 12.9. The van der Waals surface area contributed by atoms with E-state index in [1.54, 1.807) is 24.4 Å². The van der Waals surface area contributed by atoms with Crippen molar-refractivity contribution >= 4 is 23.4 Å². The molecule has 0 aliphatic rings. The first-order valence-corrected chi connectivity index (χ1v) is 6.09. The van der Waals surface area contributed by atoms with Gasteiger partial charge < -0.3 is 0 Å². The molecule has 0 bridgehead atoms. The fraction of sp³-hybridized carbons (Fsp3) is 0.0833. The van der Waals surface area contributed by atoms with Crippen LogP contribution in [-0.2, 0) is 5.75 Å². The molecule has 0 atom stereocenters. The number of nitrogens with zero attached hydrogens (tertiary/aromatic N) is 1. The molecule has 1 heterocycles. The van der Waals surface area contributed by atoms with E-state index >= 15 is 0 Å². The molecule has 2 aromatic rings. The number of halogens is 2. The van der Waals surface area contributed by atoms with Gasteiger partial charge in [0.05, 0.1) is 5.03 Å². The first-order valence-electron chi connectivity index (χ1n) is 4.73. The number of pyridine rings is 1. The number of hydrogen-bond acceptors (Lipinski definition) is 2. The highest BCUT2D eigenvalue weighted by Crippen LogP contribution is 2.23. The summed E-state index contributed by atoms with van der Waals surface area (Å²) < 4.78 is 12.9. The van der Waals surface area contributed by atoms with Gasteiger partial charge in [-0.1, -0.05) is 23.7 Å². The van der Waals surface area contributed by atoms with Crippen LogP contribution in [0.5, 0.6) is 0 Å². The Morgan fingerprint density at radius 1 is 1.25 bits per heavy atom. The SMILES string of the molecule is Fc1cccc(CSc2cc(Cl)ccn2)c1. The molecule has 82 valence electrons. The highest BCUT2D eigenvalue weighted by molar-refractivity contribution is 7.98. The van der Waals surface area contributed by atoms with Crippen molar-refractivity contribution < 1.29 is 4.39 Å². The second-order valence-electron chi connectivity index (χ2n) is 3.23. The lowest BCUT2D eigenvalue weighted by Crippen LogP contribution is -1.84. The Morgan fingerprint density at radius 3 is 2.88 bits per heavy atom. The zero-order valence-corrected chi connectivity index (χ0v) is 9.93. The molecule has 0 fully saturated rings. The van der Waals surface area contributed by atoms with E-state index in [-0.39, 0.29) is 5.82 Å². The van der Waals surface area contributed by atoms with E-state index in [1.807, 2.05) is 6.07 Å². The van der Waals surface area contributed by atoms with Gasteiger partial charge in [0, 0.05) is 17.0 Å². The fourth-order valence-corrected chi connectivity index (χ4v) is 2.31. The van der Waals surface area contributed by atoms with Crippen LogP contribution in [0.25, 0.3) is 0 Å². The third-order valence-electron chi connectivity index (χ3n) is 1.97. The molecule has 0 aliphatic carbocycles. The van der Waals surface area contributed by atoms with Crippen LogP contribution in [0.1, 0.15) is 5.56 Å². The van der Waals surface area contributed by atoms with Crippen LogP contribution in [-0.4, -0.2) is 4.98 Å². The summed E-state index contributed by atoms with van der Waals surface area (Å²) >= 11 is 7.37. The summed E-state index contributed by atoms with van der Waals surface area (Å²) in [6.07, 6.45) is 1.66. The van der Waals surface area contributed by atoms with Gasteiger partial charge in [0.25, 0.3) is 0 Å². The van der Waals surface area contributed by atoms with E-state index in [2.05, 4.69) is 4.98 Å². The van der Waals surface area contributed by atoms with Crippen molar-refractivity contribution in [2.75, 3.05) is 0 Å². The largest absolute Gasteiger partial charge is 0.250 e. The normalized spacial score (nSPS) is 10.4. The van der Waals surface area contributed by atoms with Crippen LogP contribution in [0.2, 0.25) is 5.02 Å². The second-order valence-corrected chi connectivity index (χ2v) is 4.66. The molecule has 1 aromatic heterocycles. The average molecular weight is 254 g/mol. The topological polar surface area (TPSA) is 12.9 Å². The summed E-state index contributed by atoms with van der Waals surface area (Å²) in [5.41, 5.74) is 0.937. The van der Waals surface area contributed by atoms with Crippen LogP contribution < -0.4 is 0 Å². The molecule has 1 nitrogen and oxygen atoms in total. The van der Waals surface area contributed by atoms with E-state index in [4.69, 9.17) is 11.6 Å². The van der Waals surface area contributed by atoms with E-state index < -0.39 is 0 Å². The van der Waals surface area contributed by atoms with Gasteiger partial charge in [0.1, 0.15) is 5.82 Å². The number of benzene rings is 1. The minimum absolute atomic E-state index is 0.211. The molecule has 2 rings (SSSR count). The molecule has 0 radical (unpaired) electrons. The second kappa shape index (κ2) is 5.32. The van der Waals surface area contributed by atoms with E-state index in [0.717, 1.165) is 10.6 Å². The summed E-state index contributed by atoms with van der Waals surface area (Å²) in [6, 6.07) is 10.1. The molecule has 16 heavy (non-hydrogen) atoms. The zero-order valence-electron chi connectivity index (χ0n) is 8.36. The molecule has 0 saturated heterocycles. The maximum absolute atomic E-state index is 12.9. The predicted octanol–water partition coefficient (Wildman–Crippen LogP) is 4.17. The number of thioether (sulfide) groups is 1. The van der Waals surface area contributed by atoms with Gasteiger partial charge in [-0.25, -0.2) is 9.37 Å². The van der Waals surface area contributed by atoms with Crippen molar-refractivity contribution in [2.45, 2.75) is 10.8 Å². The van der Waals surface area contributed by atoms with Crippen molar-refractivity contribution in [3.8, 4) is 0 Å². The highest BCUT2D eigenvalue weighted by Gasteiger charge is 1.99. The lowest BCUT2D eigenvalue weighted by atomic mass is 10.2. The molecular weight excluding hydrogens is 245 g/mol. The summed E-state index contributed by atoms with van der Waals surface area (Å²) in [5, 5.41) is 1.51. The Labute approximate surface area is 103 Å². The Bertz CT molecular complexity index is 444. The molecule has 0 spiro atoms. The van der Waals surface area contributed by atoms with Crippen molar-refractivity contribution in [1.29, 1.82) is 0 Å². The van der Waals surface area contributed by atoms with Gasteiger partial charge in [-0.15, -0.1) is 11.8 Å². The molecule has 4 heteroatoms. The first kappa shape index (κ1) is 11.4. The number of aromatic nitrogens is 1. The van der Waals surface area contributed by atoms with Gasteiger partial charge >= 0.3 is 0 Å². The van der Waals surface area contributed by atoms with Crippen LogP contribution in [0.3, 0.4) is 0 Å². The van der Waals surface area contributed by atoms with Crippen molar-refractivity contribution in [1.82, 2.24) is 4.98 Å². The summed E-state index contributed by atoms with van der Waals surface area (Å²) in [6.45, 7) is 0. The Balaban J connectivity index is 2.02. The molecule has 1 aromatic carbocycles. The monoisotopic (exact) mass is 253 g/mol. The van der Waals surface area contributed by atoms with Crippen molar-refractivity contribution in [3.63, 3.8) is 0 Å². The number of hydrogen-bond donors (Lipinski definition) is 0. The van der Waals surface area contributed by atoms with E-state index in [1.165, 1.54) is 23.9 Å². The molecule has 0 aliphatic heterocycles. The van der Waals surface area contributed by atoms with Crippen molar-refractivity contribution in [3.05, 3.63) is 59.0 Å². The molecule has 0 amide bonds. The minimum atomic E-state index is -0.211. The standard InChI is InChI=1S/C12H9ClFNS/c13-10-4-5-15-12(7-10)16-8-9-2-1-3-11(14)6-9/h1-7H,8H2. The third kappa shape index (κ3) is 3.22. The fourth-order valence-electron chi connectivity index (χ4n) is 1.25. The van der Waals surface area contributed by atoms with Crippen LogP contribution in [0, 0.1) is 5.82 Å². The molecule has 0 unspecified atom stereocenters. The van der Waals surface area contributed by atoms with E-state index in [0.29, 0.717) is 10.8 Å². The summed E-state index contributed by atoms with van der Waals surface area (Å²) in [5.74, 6) is 0.475. The Morgan fingerprint density at radius 2 is 2.12 bits per heavy atom. The van der Waals surface area contributed by atoms with Gasteiger partial charge in [0.2, 0.25) is 0 Å². The van der Waals surface area contributed by atoms with Gasteiger partial charge in [-0.05, 0) is 29.8 Å². The smallest absolute Gasteiger partial charge is 0.123 e. The quantitative estimate of drug-likeness (QED) is 0.762. The lowest BCUT2D eigenvalue weighted by Gasteiger charge is -2.01. The zero-order chi connectivity index (χ0) is 11.4. The van der Waals surface area contributed by atoms with Crippen LogP contribution >= 0.6 is 23.4 Å². The molecule has 0 saturated carbocycles. The van der Waals surface area contributed by atoms with Crippen molar-refractivity contribution in [2.24, 2.45) is 0 Å². The van der Waals surface area contributed by atoms with Gasteiger partial charge in [-0.3, -0.25) is 0 Å². The third-order valence-corrected chi connectivity index (χ3v) is 3.20. The molecular formula is C12H9ClFNS. The molecule has 0 N–H and O–H groups in total. The van der Waals surface area contributed by atoms with Gasteiger partial charge in [0.15, 0.2) is 0 Å². The summed E-state index contributed by atoms with van der Waals surface area (Å²) in [7, 11) is 0. The Kier molecular flexibility index (Phi) is 3.80. The number of rotatable bonds is 3. The van der Waals surface area contributed by atoms with Crippen LogP contribution in [0.4, 0.5) is 4.39 Å². The maximum Gasteiger partial charge on any atom is 0.123 e. The average Bonchev–Trinajstić information content (AvgIpc) is 2.27. The highest BCUT2D eigenvalue weighted by atomic mass is 35.5. The van der Waals surface area contributed by atoms with E-state index in [9.17, 15) is 4.39 Å². The summed E-state index contributed by atoms with van der Waals surface area (Å²) in [4.78, 5) is 4.16. The van der Waals surface area contributed by atoms with Gasteiger partial charge in [-0.2, -0.15) is 0 Å². The van der Waals surface area contributed by atoms with Crippen LogP contribution in [0.15, 0.2) is 47.6 Å².